The third-order valence-electron chi connectivity index (χ3n) is 14.1. The Balaban J connectivity index is 1.32. The number of aliphatic hydroxyl groups is 1. The van der Waals surface area contributed by atoms with Crippen LogP contribution in [0, 0.1) is 58.2 Å². The molecule has 2 spiro atoms. The molecule has 216 valence electrons. The number of rotatable bonds is 1. The molecule has 10 bridgehead atoms. The molecule has 0 amide bonds. The lowest BCUT2D eigenvalue weighted by atomic mass is 9.36. The van der Waals surface area contributed by atoms with E-state index in [0.29, 0.717) is 40.8 Å². The van der Waals surface area contributed by atoms with Gasteiger partial charge in [0, 0.05) is 22.8 Å². The van der Waals surface area contributed by atoms with Crippen molar-refractivity contribution in [3.05, 3.63) is 53.6 Å². The first-order valence-electron chi connectivity index (χ1n) is 16.5. The lowest BCUT2D eigenvalue weighted by Gasteiger charge is -2.75. The lowest BCUT2D eigenvalue weighted by molar-refractivity contribution is -0.352. The van der Waals surface area contributed by atoms with E-state index in [-0.39, 0.29) is 30.0 Å². The minimum absolute atomic E-state index is 0.0720. The van der Waals surface area contributed by atoms with Gasteiger partial charge in [-0.2, -0.15) is 0 Å². The zero-order valence-electron chi connectivity index (χ0n) is 24.6. The molecule has 9 aliphatic rings. The van der Waals surface area contributed by atoms with Crippen molar-refractivity contribution in [1.29, 1.82) is 0 Å². The van der Waals surface area contributed by atoms with Gasteiger partial charge in [0.25, 0.3) is 0 Å². The third kappa shape index (κ3) is 2.99. The van der Waals surface area contributed by atoms with Crippen molar-refractivity contribution in [2.45, 2.75) is 100 Å². The molecule has 1 aromatic rings. The van der Waals surface area contributed by atoms with Gasteiger partial charge in [-0.05, 0) is 111 Å². The van der Waals surface area contributed by atoms with E-state index < -0.39 is 16.6 Å². The van der Waals surface area contributed by atoms with E-state index in [1.54, 1.807) is 0 Å². The van der Waals surface area contributed by atoms with Gasteiger partial charge in [-0.15, -0.1) is 0 Å². The second-order valence-corrected chi connectivity index (χ2v) is 16.2. The molecular weight excluding hydrogens is 506 g/mol. The summed E-state index contributed by atoms with van der Waals surface area (Å²) < 4.78 is 7.58. The number of allylic oxidation sites excluding steroid dienone is 3. The average Bonchev–Trinajstić information content (AvgIpc) is 3.57. The average molecular weight is 552 g/mol. The van der Waals surface area contributed by atoms with Crippen LogP contribution in [0.5, 0.6) is 5.75 Å². The highest BCUT2D eigenvalue weighted by Crippen LogP contribution is 2.74. The van der Waals surface area contributed by atoms with Crippen molar-refractivity contribution < 1.29 is 14.9 Å². The standard InChI is InChI=1S/C37H45NO3/c1-33(2)32-30-20-36(41-33)25-15-24(17-34(19-25)12-3-4-13-34)27-8-5-22(29-16-26(40)7-9-28(27)29)6-10-31(36)37(32,38)35(21-39)14-11-23(30)18-35/h5,7-9,11,14,16,22-25,27,30-32,39-40H,3-4,12-13,15,17-21,38H2,1-2H3. The van der Waals surface area contributed by atoms with E-state index in [4.69, 9.17) is 10.5 Å². The van der Waals surface area contributed by atoms with Crippen LogP contribution in [0.3, 0.4) is 0 Å². The van der Waals surface area contributed by atoms with Crippen LogP contribution in [0.2, 0.25) is 0 Å². The maximum absolute atomic E-state index is 11.2. The number of phenolic OH excluding ortho intramolecular Hbond substituents is 1. The fourth-order valence-electron chi connectivity index (χ4n) is 12.9. The first-order valence-corrected chi connectivity index (χ1v) is 16.5. The normalized spacial score (nSPS) is 50.1. The number of hydrogen-bond donors (Lipinski definition) is 3. The number of aliphatic hydroxyl groups excluding tert-OH is 1. The topological polar surface area (TPSA) is 75.7 Å². The lowest BCUT2D eigenvalue weighted by Crippen LogP contribution is -2.85. The Hall–Kier alpha value is -2.06. The summed E-state index contributed by atoms with van der Waals surface area (Å²) in [6.07, 6.45) is 20.4. The summed E-state index contributed by atoms with van der Waals surface area (Å²) in [5, 5.41) is 21.7. The Morgan fingerprint density at radius 2 is 1.83 bits per heavy atom. The van der Waals surface area contributed by atoms with Gasteiger partial charge in [-0.1, -0.05) is 55.1 Å². The van der Waals surface area contributed by atoms with Crippen molar-refractivity contribution in [1.82, 2.24) is 0 Å². The number of hydrogen-bond acceptors (Lipinski definition) is 4. The van der Waals surface area contributed by atoms with Crippen molar-refractivity contribution in [3.63, 3.8) is 0 Å². The van der Waals surface area contributed by atoms with E-state index >= 15 is 0 Å². The van der Waals surface area contributed by atoms with Crippen molar-refractivity contribution in [2.24, 2.45) is 52.1 Å². The Morgan fingerprint density at radius 1 is 1.00 bits per heavy atom. The van der Waals surface area contributed by atoms with Gasteiger partial charge in [0.05, 0.1) is 29.6 Å². The maximum atomic E-state index is 11.2. The molecule has 7 aliphatic carbocycles. The molecule has 0 aromatic heterocycles. The molecule has 4 nitrogen and oxygen atoms in total. The summed E-state index contributed by atoms with van der Waals surface area (Å²) in [6, 6.07) is 6.01. The first-order chi connectivity index (χ1) is 19.6. The molecule has 11 atom stereocenters. The summed E-state index contributed by atoms with van der Waals surface area (Å²) in [4.78, 5) is 0. The van der Waals surface area contributed by atoms with Crippen LogP contribution in [-0.2, 0) is 4.74 Å². The minimum Gasteiger partial charge on any atom is -0.508 e. The van der Waals surface area contributed by atoms with Crippen LogP contribution >= 0.6 is 0 Å². The highest BCUT2D eigenvalue weighted by molar-refractivity contribution is 5.51. The highest BCUT2D eigenvalue weighted by Gasteiger charge is 2.79. The zero-order valence-corrected chi connectivity index (χ0v) is 24.6. The molecule has 10 rings (SSSR count). The summed E-state index contributed by atoms with van der Waals surface area (Å²) >= 11 is 0. The molecule has 11 unspecified atom stereocenters. The quantitative estimate of drug-likeness (QED) is 0.287. The molecule has 2 aliphatic heterocycles. The molecule has 2 saturated heterocycles. The monoisotopic (exact) mass is 551 g/mol. The SMILES string of the molecule is CC1(C)OC23CC4C5C=CC(CO)(C5)C(N)(C41)C2C#CC1C=CC(c2ccc(O)cc21)C1CC3CC2(CCCC2)C1. The first kappa shape index (κ1) is 25.4. The summed E-state index contributed by atoms with van der Waals surface area (Å²) in [5.74, 6) is 10.1. The molecule has 4 heteroatoms. The number of ether oxygens (including phenoxy) is 1. The summed E-state index contributed by atoms with van der Waals surface area (Å²) in [7, 11) is 0. The van der Waals surface area contributed by atoms with Crippen molar-refractivity contribution >= 4 is 0 Å². The van der Waals surface area contributed by atoms with Crippen LogP contribution in [-0.4, -0.2) is 33.6 Å². The molecular formula is C37H45NO3. The van der Waals surface area contributed by atoms with Crippen LogP contribution < -0.4 is 5.73 Å². The highest BCUT2D eigenvalue weighted by atomic mass is 16.5. The van der Waals surface area contributed by atoms with E-state index in [1.165, 1.54) is 44.1 Å². The predicted octanol–water partition coefficient (Wildman–Crippen LogP) is 6.19. The van der Waals surface area contributed by atoms with E-state index in [0.717, 1.165) is 24.8 Å². The Bertz CT molecular complexity index is 1440. The molecule has 0 radical (unpaired) electrons. The zero-order chi connectivity index (χ0) is 28.0. The van der Waals surface area contributed by atoms with Crippen molar-refractivity contribution in [2.75, 3.05) is 6.61 Å². The Labute approximate surface area is 244 Å². The molecule has 1 aromatic carbocycles. The van der Waals surface area contributed by atoms with Crippen LogP contribution in [0.25, 0.3) is 0 Å². The second-order valence-electron chi connectivity index (χ2n) is 16.2. The third-order valence-corrected chi connectivity index (χ3v) is 14.1. The van der Waals surface area contributed by atoms with Crippen molar-refractivity contribution in [3.8, 4) is 17.6 Å². The van der Waals surface area contributed by atoms with Crippen LogP contribution in [0.4, 0.5) is 0 Å². The fraction of sp³-hybridized carbons (Fsp3) is 0.676. The minimum atomic E-state index is -0.657. The van der Waals surface area contributed by atoms with Gasteiger partial charge in [-0.3, -0.25) is 0 Å². The second kappa shape index (κ2) is 7.90. The number of fused-ring (bicyclic) bond motifs is 11. The van der Waals surface area contributed by atoms with Gasteiger partial charge in [0.2, 0.25) is 0 Å². The molecule has 6 fully saturated rings. The number of phenols is 1. The fourth-order valence-corrected chi connectivity index (χ4v) is 12.9. The molecule has 4 saturated carbocycles. The van der Waals surface area contributed by atoms with Gasteiger partial charge in [0.15, 0.2) is 0 Å². The van der Waals surface area contributed by atoms with Crippen LogP contribution in [0.1, 0.15) is 94.6 Å². The van der Waals surface area contributed by atoms with Gasteiger partial charge in [0.1, 0.15) is 5.75 Å². The van der Waals surface area contributed by atoms with Gasteiger partial charge in [-0.25, -0.2) is 0 Å². The predicted molar refractivity (Wildman–Crippen MR) is 159 cm³/mol. The summed E-state index contributed by atoms with van der Waals surface area (Å²) in [5.41, 5.74) is 8.94. The maximum Gasteiger partial charge on any atom is 0.115 e. The number of aromatic hydroxyl groups is 1. The van der Waals surface area contributed by atoms with Gasteiger partial charge < -0.3 is 20.7 Å². The largest absolute Gasteiger partial charge is 0.508 e. The van der Waals surface area contributed by atoms with E-state index in [1.807, 2.05) is 12.1 Å². The molecule has 4 N–H and O–H groups in total. The van der Waals surface area contributed by atoms with Gasteiger partial charge >= 0.3 is 0 Å². The van der Waals surface area contributed by atoms with E-state index in [9.17, 15) is 10.2 Å². The molecule has 2 heterocycles. The summed E-state index contributed by atoms with van der Waals surface area (Å²) in [6.45, 7) is 4.67. The van der Waals surface area contributed by atoms with E-state index in [2.05, 4.69) is 56.1 Å². The Morgan fingerprint density at radius 3 is 2.63 bits per heavy atom. The number of nitrogens with two attached hydrogens (primary N) is 1. The Kier molecular flexibility index (Phi) is 4.90. The smallest absolute Gasteiger partial charge is 0.115 e. The molecule has 41 heavy (non-hydrogen) atoms. The number of benzene rings is 1. The van der Waals surface area contributed by atoms with Crippen LogP contribution in [0.15, 0.2) is 42.5 Å².